The van der Waals surface area contributed by atoms with E-state index in [0.717, 1.165) is 28.0 Å². The Labute approximate surface area is 217 Å². The van der Waals surface area contributed by atoms with Gasteiger partial charge in [-0.25, -0.2) is 0 Å². The molecule has 2 N–H and O–H groups in total. The van der Waals surface area contributed by atoms with Crippen LogP contribution in [0.4, 0.5) is 0 Å². The van der Waals surface area contributed by atoms with Crippen molar-refractivity contribution in [1.82, 2.24) is 10.2 Å². The summed E-state index contributed by atoms with van der Waals surface area (Å²) < 4.78 is 0. The van der Waals surface area contributed by atoms with Crippen LogP contribution in [0.3, 0.4) is 0 Å². The van der Waals surface area contributed by atoms with Crippen molar-refractivity contribution in [1.29, 1.82) is 0 Å². The van der Waals surface area contributed by atoms with Crippen molar-refractivity contribution < 1.29 is 19.5 Å². The molecule has 0 bridgehead atoms. The summed E-state index contributed by atoms with van der Waals surface area (Å²) in [7, 11) is 1.48. The Morgan fingerprint density at radius 3 is 2.51 bits per heavy atom. The van der Waals surface area contributed by atoms with Crippen molar-refractivity contribution >= 4 is 17.5 Å². The molecule has 1 saturated heterocycles. The zero-order chi connectivity index (χ0) is 26.4. The highest BCUT2D eigenvalue weighted by Gasteiger charge is 2.35. The van der Waals surface area contributed by atoms with Crippen molar-refractivity contribution in [2.24, 2.45) is 5.16 Å². The van der Waals surface area contributed by atoms with E-state index in [0.29, 0.717) is 31.5 Å². The molecule has 0 radical (unpaired) electrons. The number of benzene rings is 3. The lowest BCUT2D eigenvalue weighted by atomic mass is 9.96. The summed E-state index contributed by atoms with van der Waals surface area (Å²) in [4.78, 5) is 33.1. The van der Waals surface area contributed by atoms with Crippen molar-refractivity contribution in [2.45, 2.75) is 39.2 Å². The molecule has 1 heterocycles. The molecule has 37 heavy (non-hydrogen) atoms. The standard InChI is InChI=1S/C30H33N3O4/c1-20-6-4-5-7-27(20)23-10-13-28(21(2)16-23)30(36)33-19-24(32-37-3)17-25(33)18-29(35)31-15-14-22-8-11-26(34)12-9-22/h4-13,16,25,34H,14-15,17-19H2,1-3H3,(H,31,35)/t25-/m0/s1. The average Bonchev–Trinajstić information content (AvgIpc) is 3.27. The highest BCUT2D eigenvalue weighted by molar-refractivity contribution is 6.02. The first-order chi connectivity index (χ1) is 17.9. The molecule has 0 spiro atoms. The predicted molar refractivity (Wildman–Crippen MR) is 145 cm³/mol. The van der Waals surface area contributed by atoms with Crippen LogP contribution in [0, 0.1) is 13.8 Å². The molecule has 0 saturated carbocycles. The molecule has 2 amide bonds. The summed E-state index contributed by atoms with van der Waals surface area (Å²) in [5.41, 5.74) is 6.66. The van der Waals surface area contributed by atoms with Gasteiger partial charge in [0, 0.05) is 31.0 Å². The molecule has 1 fully saturated rings. The van der Waals surface area contributed by atoms with Gasteiger partial charge in [0.15, 0.2) is 0 Å². The van der Waals surface area contributed by atoms with Gasteiger partial charge in [0.2, 0.25) is 5.91 Å². The molecular formula is C30H33N3O4. The first-order valence-corrected chi connectivity index (χ1v) is 12.5. The number of aromatic hydroxyl groups is 1. The van der Waals surface area contributed by atoms with Crippen LogP contribution in [0.5, 0.6) is 5.75 Å². The van der Waals surface area contributed by atoms with Crippen LogP contribution in [0.1, 0.15) is 39.9 Å². The Balaban J connectivity index is 1.44. The van der Waals surface area contributed by atoms with Gasteiger partial charge in [-0.15, -0.1) is 0 Å². The second-order valence-electron chi connectivity index (χ2n) is 9.45. The number of likely N-dealkylation sites (tertiary alicyclic amines) is 1. The van der Waals surface area contributed by atoms with Gasteiger partial charge >= 0.3 is 0 Å². The van der Waals surface area contributed by atoms with E-state index in [4.69, 9.17) is 4.84 Å². The first kappa shape index (κ1) is 25.9. The van der Waals surface area contributed by atoms with Gasteiger partial charge in [-0.05, 0) is 66.3 Å². The molecule has 7 heteroatoms. The molecule has 3 aromatic rings. The van der Waals surface area contributed by atoms with Gasteiger partial charge in [-0.3, -0.25) is 9.59 Å². The van der Waals surface area contributed by atoms with E-state index in [2.05, 4.69) is 29.5 Å². The normalized spacial score (nSPS) is 16.1. The Bertz CT molecular complexity index is 1300. The Morgan fingerprint density at radius 2 is 1.81 bits per heavy atom. The Kier molecular flexibility index (Phi) is 8.23. The number of nitrogens with one attached hydrogen (secondary N) is 1. The monoisotopic (exact) mass is 499 g/mol. The summed E-state index contributed by atoms with van der Waals surface area (Å²) in [6.07, 6.45) is 1.33. The van der Waals surface area contributed by atoms with E-state index in [-0.39, 0.29) is 30.0 Å². The third kappa shape index (κ3) is 6.36. The maximum atomic E-state index is 13.6. The minimum atomic E-state index is -0.300. The Hall–Kier alpha value is -4.13. The number of aryl methyl sites for hydroxylation is 2. The first-order valence-electron chi connectivity index (χ1n) is 12.5. The summed E-state index contributed by atoms with van der Waals surface area (Å²) >= 11 is 0. The van der Waals surface area contributed by atoms with E-state index in [1.807, 2.05) is 49.4 Å². The molecular weight excluding hydrogens is 466 g/mol. The number of nitrogens with zero attached hydrogens (tertiary/aromatic N) is 2. The van der Waals surface area contributed by atoms with Crippen LogP contribution in [0.15, 0.2) is 71.9 Å². The van der Waals surface area contributed by atoms with Gasteiger partial charge in [-0.2, -0.15) is 0 Å². The molecule has 7 nitrogen and oxygen atoms in total. The van der Waals surface area contributed by atoms with Crippen LogP contribution in [-0.4, -0.2) is 53.8 Å². The predicted octanol–water partition coefficient (Wildman–Crippen LogP) is 4.64. The largest absolute Gasteiger partial charge is 0.508 e. The molecule has 4 rings (SSSR count). The smallest absolute Gasteiger partial charge is 0.254 e. The number of oxime groups is 1. The molecule has 1 aliphatic rings. The number of hydrogen-bond acceptors (Lipinski definition) is 5. The molecule has 3 aromatic carbocycles. The second kappa shape index (κ2) is 11.7. The van der Waals surface area contributed by atoms with Crippen LogP contribution < -0.4 is 5.32 Å². The quantitative estimate of drug-likeness (QED) is 0.442. The highest BCUT2D eigenvalue weighted by Crippen LogP contribution is 2.28. The summed E-state index contributed by atoms with van der Waals surface area (Å²) in [6, 6.07) is 20.7. The van der Waals surface area contributed by atoms with Gasteiger partial charge in [-0.1, -0.05) is 53.7 Å². The zero-order valence-corrected chi connectivity index (χ0v) is 21.5. The molecule has 0 aliphatic carbocycles. The number of hydrogen-bond donors (Lipinski definition) is 2. The fourth-order valence-electron chi connectivity index (χ4n) is 4.81. The number of phenols is 1. The average molecular weight is 500 g/mol. The van der Waals surface area contributed by atoms with Gasteiger partial charge in [0.05, 0.1) is 12.3 Å². The van der Waals surface area contributed by atoms with Crippen LogP contribution in [0.2, 0.25) is 0 Å². The number of amides is 2. The van der Waals surface area contributed by atoms with Crippen molar-refractivity contribution in [3.8, 4) is 16.9 Å². The van der Waals surface area contributed by atoms with Crippen LogP contribution >= 0.6 is 0 Å². The van der Waals surface area contributed by atoms with E-state index in [9.17, 15) is 14.7 Å². The van der Waals surface area contributed by atoms with Crippen molar-refractivity contribution in [3.05, 3.63) is 89.0 Å². The van der Waals surface area contributed by atoms with E-state index in [1.54, 1.807) is 17.0 Å². The number of phenolic OH excluding ortho intramolecular Hbond substituents is 1. The zero-order valence-electron chi connectivity index (χ0n) is 21.5. The second-order valence-corrected chi connectivity index (χ2v) is 9.45. The molecule has 1 aliphatic heterocycles. The fourth-order valence-corrected chi connectivity index (χ4v) is 4.81. The van der Waals surface area contributed by atoms with E-state index in [1.165, 1.54) is 12.7 Å². The summed E-state index contributed by atoms with van der Waals surface area (Å²) in [5, 5.41) is 16.4. The lowest BCUT2D eigenvalue weighted by molar-refractivity contribution is -0.121. The number of carbonyl (C=O) groups is 2. The topological polar surface area (TPSA) is 91.2 Å². The Morgan fingerprint density at radius 1 is 1.05 bits per heavy atom. The maximum absolute atomic E-state index is 13.6. The van der Waals surface area contributed by atoms with Crippen LogP contribution in [-0.2, 0) is 16.1 Å². The molecule has 0 unspecified atom stereocenters. The van der Waals surface area contributed by atoms with Gasteiger partial charge in [0.1, 0.15) is 12.9 Å². The van der Waals surface area contributed by atoms with Gasteiger partial charge < -0.3 is 20.2 Å². The van der Waals surface area contributed by atoms with Gasteiger partial charge in [0.25, 0.3) is 5.91 Å². The summed E-state index contributed by atoms with van der Waals surface area (Å²) in [5.74, 6) is -0.0174. The van der Waals surface area contributed by atoms with Crippen LogP contribution in [0.25, 0.3) is 11.1 Å². The third-order valence-corrected chi connectivity index (χ3v) is 6.75. The maximum Gasteiger partial charge on any atom is 0.254 e. The SMILES string of the molecule is CON=C1C[C@@H](CC(=O)NCCc2ccc(O)cc2)N(C(=O)c2ccc(-c3ccccc3C)cc2C)C1. The minimum absolute atomic E-state index is 0.114. The molecule has 1 atom stereocenters. The van der Waals surface area contributed by atoms with Crippen molar-refractivity contribution in [2.75, 3.05) is 20.2 Å². The third-order valence-electron chi connectivity index (χ3n) is 6.75. The lowest BCUT2D eigenvalue weighted by Crippen LogP contribution is -2.39. The number of rotatable bonds is 8. The minimum Gasteiger partial charge on any atom is -0.508 e. The fraction of sp³-hybridized carbons (Fsp3) is 0.300. The van der Waals surface area contributed by atoms with Crippen molar-refractivity contribution in [3.63, 3.8) is 0 Å². The lowest BCUT2D eigenvalue weighted by Gasteiger charge is -2.25. The highest BCUT2D eigenvalue weighted by atomic mass is 16.6. The number of carbonyl (C=O) groups excluding carboxylic acids is 2. The van der Waals surface area contributed by atoms with E-state index < -0.39 is 0 Å². The summed E-state index contributed by atoms with van der Waals surface area (Å²) in [6.45, 7) is 4.82. The molecule has 0 aromatic heterocycles. The molecule has 192 valence electrons. The van der Waals surface area contributed by atoms with E-state index >= 15 is 0 Å².